The van der Waals surface area contributed by atoms with Gasteiger partial charge in [-0.2, -0.15) is 0 Å². The second kappa shape index (κ2) is 11.3. The average Bonchev–Trinajstić information content (AvgIpc) is 2.63. The van der Waals surface area contributed by atoms with Crippen LogP contribution in [0.4, 0.5) is 0 Å². The van der Waals surface area contributed by atoms with Gasteiger partial charge in [0.15, 0.2) is 0 Å². The lowest BCUT2D eigenvalue weighted by Crippen LogP contribution is -2.27. The van der Waals surface area contributed by atoms with Crippen LogP contribution in [-0.4, -0.2) is 46.4 Å². The largest absolute Gasteiger partial charge is 0.350 e. The molecule has 0 atom stereocenters. The first-order chi connectivity index (χ1) is 12.6. The quantitative estimate of drug-likeness (QED) is 0.360. The Morgan fingerprint density at radius 3 is 1.62 bits per heavy atom. The summed E-state index contributed by atoms with van der Waals surface area (Å²) in [5.74, 6) is 0.973. The van der Waals surface area contributed by atoms with Gasteiger partial charge in [0.05, 0.1) is 0 Å². The zero-order chi connectivity index (χ0) is 18.8. The predicted octanol–water partition coefficient (Wildman–Crippen LogP) is 3.32. The number of amides is 2. The number of pyridine rings is 2. The van der Waals surface area contributed by atoms with Crippen molar-refractivity contribution in [2.45, 2.75) is 0 Å². The fourth-order valence-electron chi connectivity index (χ4n) is 1.78. The number of carbonyl (C=O) groups is 2. The van der Waals surface area contributed by atoms with Crippen LogP contribution in [0.15, 0.2) is 36.4 Å². The molecule has 0 aliphatic carbocycles. The summed E-state index contributed by atoms with van der Waals surface area (Å²) in [6.45, 7) is 1.03. The lowest BCUT2D eigenvalue weighted by molar-refractivity contribution is 0.0943. The molecular weight excluding hydrogens is 415 g/mol. The molecule has 0 radical (unpaired) electrons. The van der Waals surface area contributed by atoms with Crippen molar-refractivity contribution in [2.75, 3.05) is 24.6 Å². The fraction of sp³-hybridized carbons (Fsp3) is 0.250. The fourth-order valence-corrected chi connectivity index (χ4v) is 3.92. The Morgan fingerprint density at radius 1 is 0.808 bits per heavy atom. The minimum Gasteiger partial charge on any atom is -0.350 e. The molecule has 26 heavy (non-hydrogen) atoms. The van der Waals surface area contributed by atoms with E-state index in [1.54, 1.807) is 58.0 Å². The van der Waals surface area contributed by atoms with Crippen LogP contribution in [-0.2, 0) is 0 Å². The van der Waals surface area contributed by atoms with Gasteiger partial charge in [-0.3, -0.25) is 9.59 Å². The van der Waals surface area contributed by atoms with Crippen molar-refractivity contribution in [3.05, 3.63) is 58.1 Å². The Labute approximate surface area is 169 Å². The summed E-state index contributed by atoms with van der Waals surface area (Å²) in [6, 6.07) is 9.82. The Kier molecular flexibility index (Phi) is 9.04. The second-order valence-electron chi connectivity index (χ2n) is 4.85. The van der Waals surface area contributed by atoms with Crippen LogP contribution < -0.4 is 10.6 Å². The normalized spacial score (nSPS) is 10.4. The number of halogens is 2. The van der Waals surface area contributed by atoms with Crippen LogP contribution in [0.2, 0.25) is 10.3 Å². The molecule has 2 rings (SSSR count). The maximum Gasteiger partial charge on any atom is 0.269 e. The molecule has 10 heteroatoms. The molecule has 2 N–H and O–H groups in total. The van der Waals surface area contributed by atoms with Gasteiger partial charge in [0.2, 0.25) is 0 Å². The summed E-state index contributed by atoms with van der Waals surface area (Å²) >= 11 is 11.5. The van der Waals surface area contributed by atoms with E-state index >= 15 is 0 Å². The molecule has 0 fully saturated rings. The molecule has 0 aliphatic rings. The van der Waals surface area contributed by atoms with Crippen LogP contribution in [0.25, 0.3) is 0 Å². The summed E-state index contributed by atoms with van der Waals surface area (Å²) in [5, 5.41) is 6.13. The highest BCUT2D eigenvalue weighted by atomic mass is 35.5. The third-order valence-corrected chi connectivity index (χ3v) is 5.75. The van der Waals surface area contributed by atoms with Gasteiger partial charge < -0.3 is 10.6 Å². The van der Waals surface area contributed by atoms with Crippen molar-refractivity contribution in [1.82, 2.24) is 20.6 Å². The van der Waals surface area contributed by atoms with Crippen LogP contribution in [0.3, 0.4) is 0 Å². The Morgan fingerprint density at radius 2 is 1.23 bits per heavy atom. The van der Waals surface area contributed by atoms with Crippen LogP contribution >= 0.6 is 44.8 Å². The zero-order valence-electron chi connectivity index (χ0n) is 13.6. The molecule has 2 heterocycles. The van der Waals surface area contributed by atoms with Crippen LogP contribution in [0.5, 0.6) is 0 Å². The maximum atomic E-state index is 11.9. The van der Waals surface area contributed by atoms with Crippen molar-refractivity contribution in [1.29, 1.82) is 0 Å². The van der Waals surface area contributed by atoms with E-state index in [0.29, 0.717) is 24.5 Å². The molecule has 0 aromatic carbocycles. The highest BCUT2D eigenvalue weighted by molar-refractivity contribution is 8.76. The van der Waals surface area contributed by atoms with Gasteiger partial charge in [0.25, 0.3) is 11.8 Å². The smallest absolute Gasteiger partial charge is 0.269 e. The summed E-state index contributed by atoms with van der Waals surface area (Å²) in [7, 11) is 3.22. The van der Waals surface area contributed by atoms with E-state index in [4.69, 9.17) is 23.2 Å². The number of nitrogens with zero attached hydrogens (tertiary/aromatic N) is 2. The molecule has 138 valence electrons. The lowest BCUT2D eigenvalue weighted by Gasteiger charge is -2.06. The highest BCUT2D eigenvalue weighted by Crippen LogP contribution is 2.19. The lowest BCUT2D eigenvalue weighted by atomic mass is 10.3. The molecule has 2 amide bonds. The van der Waals surface area contributed by atoms with Gasteiger partial charge in [-0.05, 0) is 24.3 Å². The number of carbonyl (C=O) groups excluding carboxylic acids is 2. The molecule has 6 nitrogen and oxygen atoms in total. The third-order valence-electron chi connectivity index (χ3n) is 2.92. The second-order valence-corrected chi connectivity index (χ2v) is 8.32. The van der Waals surface area contributed by atoms with Crippen LogP contribution in [0.1, 0.15) is 21.0 Å². The highest BCUT2D eigenvalue weighted by Gasteiger charge is 2.07. The number of rotatable bonds is 9. The Balaban J connectivity index is 1.53. The van der Waals surface area contributed by atoms with E-state index in [1.807, 2.05) is 0 Å². The topological polar surface area (TPSA) is 84.0 Å². The summed E-state index contributed by atoms with van der Waals surface area (Å²) in [6.07, 6.45) is 0. The van der Waals surface area contributed by atoms with Gasteiger partial charge in [-0.1, -0.05) is 56.9 Å². The molecule has 0 aliphatic heterocycles. The van der Waals surface area contributed by atoms with Crippen molar-refractivity contribution >= 4 is 56.6 Å². The van der Waals surface area contributed by atoms with Gasteiger partial charge in [-0.15, -0.1) is 0 Å². The maximum absolute atomic E-state index is 11.9. The van der Waals surface area contributed by atoms with Crippen LogP contribution in [0, 0.1) is 0 Å². The molecule has 0 bridgehead atoms. The van der Waals surface area contributed by atoms with E-state index in [0.717, 1.165) is 11.5 Å². The predicted molar refractivity (Wildman–Crippen MR) is 108 cm³/mol. The standard InChI is InChI=1S/C16H16Cl2N4O2S2/c17-13-5-1-3-11(21-13)15(23)19-7-9-25-26-10-8-20-16(24)12-4-2-6-14(18)22-12/h1-6H,7-10H2,(H,19,23)(H,20,24). The van der Waals surface area contributed by atoms with E-state index < -0.39 is 0 Å². The number of nitrogens with one attached hydrogen (secondary N) is 2. The van der Waals surface area contributed by atoms with Crippen molar-refractivity contribution < 1.29 is 9.59 Å². The number of aromatic nitrogens is 2. The summed E-state index contributed by atoms with van der Waals surface area (Å²) in [4.78, 5) is 31.6. The molecule has 2 aromatic heterocycles. The first kappa shape index (κ1) is 20.8. The number of hydrogen-bond donors (Lipinski definition) is 2. The van der Waals surface area contributed by atoms with Crippen molar-refractivity contribution in [2.24, 2.45) is 0 Å². The first-order valence-corrected chi connectivity index (χ1v) is 10.9. The van der Waals surface area contributed by atoms with Gasteiger partial charge >= 0.3 is 0 Å². The average molecular weight is 431 g/mol. The van der Waals surface area contributed by atoms with E-state index in [9.17, 15) is 9.59 Å². The SMILES string of the molecule is O=C(NCCSSCCNC(=O)c1cccc(Cl)n1)c1cccc(Cl)n1. The van der Waals surface area contributed by atoms with E-state index in [1.165, 1.54) is 0 Å². The van der Waals surface area contributed by atoms with Gasteiger partial charge in [-0.25, -0.2) is 9.97 Å². The minimum absolute atomic E-state index is 0.251. The van der Waals surface area contributed by atoms with E-state index in [2.05, 4.69) is 20.6 Å². The molecule has 2 aromatic rings. The monoisotopic (exact) mass is 430 g/mol. The minimum atomic E-state index is -0.251. The van der Waals surface area contributed by atoms with Crippen molar-refractivity contribution in [3.63, 3.8) is 0 Å². The summed E-state index contributed by atoms with van der Waals surface area (Å²) in [5.41, 5.74) is 0.597. The Bertz CT molecular complexity index is 701. The van der Waals surface area contributed by atoms with Gasteiger partial charge in [0.1, 0.15) is 21.7 Å². The Hall–Kier alpha value is -1.48. The molecule has 0 unspecified atom stereocenters. The first-order valence-electron chi connectivity index (χ1n) is 7.62. The third kappa shape index (κ3) is 7.41. The summed E-state index contributed by atoms with van der Waals surface area (Å²) < 4.78 is 0. The van der Waals surface area contributed by atoms with Crippen molar-refractivity contribution in [3.8, 4) is 0 Å². The van der Waals surface area contributed by atoms with Gasteiger partial charge in [0, 0.05) is 24.6 Å². The molecule has 0 saturated heterocycles. The molecule has 0 spiro atoms. The molecule has 0 saturated carbocycles. The molecular formula is C16H16Cl2N4O2S2. The number of hydrogen-bond acceptors (Lipinski definition) is 6. The van der Waals surface area contributed by atoms with E-state index in [-0.39, 0.29) is 22.1 Å². The zero-order valence-corrected chi connectivity index (χ0v) is 16.7.